The molecule has 0 bridgehead atoms. The third kappa shape index (κ3) is 0.832. The van der Waals surface area contributed by atoms with Crippen molar-refractivity contribution in [2.75, 3.05) is 7.11 Å². The maximum absolute atomic E-state index is 5.01. The van der Waals surface area contributed by atoms with E-state index in [2.05, 4.69) is 10.1 Å². The van der Waals surface area contributed by atoms with Crippen LogP contribution in [0.5, 0.6) is 5.88 Å². The molecule has 0 aliphatic carbocycles. The highest BCUT2D eigenvalue weighted by Crippen LogP contribution is 2.13. The van der Waals surface area contributed by atoms with Crippen molar-refractivity contribution >= 4 is 5.52 Å². The highest BCUT2D eigenvalue weighted by molar-refractivity contribution is 5.55. The van der Waals surface area contributed by atoms with Gasteiger partial charge in [0.25, 0.3) is 0 Å². The summed E-state index contributed by atoms with van der Waals surface area (Å²) in [6.45, 7) is 0. The van der Waals surface area contributed by atoms with E-state index in [0.717, 1.165) is 5.52 Å². The standard InChI is InChI=1S/C7H7N3O/c1-11-7-6-3-2-4-10(6)9-5-8-7/h2-5H,1H3. The summed E-state index contributed by atoms with van der Waals surface area (Å²) in [7, 11) is 1.59. The number of hydrogen-bond acceptors (Lipinski definition) is 3. The van der Waals surface area contributed by atoms with Gasteiger partial charge in [0.2, 0.25) is 5.88 Å². The van der Waals surface area contributed by atoms with Gasteiger partial charge < -0.3 is 4.74 Å². The average Bonchev–Trinajstić information content (AvgIpc) is 2.50. The Morgan fingerprint density at radius 1 is 1.55 bits per heavy atom. The number of rotatable bonds is 1. The smallest absolute Gasteiger partial charge is 0.241 e. The molecular weight excluding hydrogens is 142 g/mol. The summed E-state index contributed by atoms with van der Waals surface area (Å²) in [5.74, 6) is 0.602. The SMILES string of the molecule is COc1ncnn2cccc12. The lowest BCUT2D eigenvalue weighted by molar-refractivity contribution is 0.399. The summed E-state index contributed by atoms with van der Waals surface area (Å²) in [5.41, 5.74) is 0.884. The first-order valence-electron chi connectivity index (χ1n) is 3.24. The van der Waals surface area contributed by atoms with Gasteiger partial charge >= 0.3 is 0 Å². The highest BCUT2D eigenvalue weighted by Gasteiger charge is 2.00. The summed E-state index contributed by atoms with van der Waals surface area (Å²) >= 11 is 0. The Morgan fingerprint density at radius 2 is 2.45 bits per heavy atom. The predicted octanol–water partition coefficient (Wildman–Crippen LogP) is 0.738. The summed E-state index contributed by atoms with van der Waals surface area (Å²) < 4.78 is 6.73. The van der Waals surface area contributed by atoms with Crippen LogP contribution in [0, 0.1) is 0 Å². The minimum atomic E-state index is 0.602. The van der Waals surface area contributed by atoms with Crippen LogP contribution in [-0.2, 0) is 0 Å². The van der Waals surface area contributed by atoms with E-state index in [4.69, 9.17) is 4.74 Å². The maximum atomic E-state index is 5.01. The second-order valence-electron chi connectivity index (χ2n) is 2.11. The van der Waals surface area contributed by atoms with Crippen molar-refractivity contribution < 1.29 is 4.74 Å². The van der Waals surface area contributed by atoms with Gasteiger partial charge in [-0.25, -0.2) is 4.52 Å². The molecule has 0 saturated carbocycles. The molecule has 56 valence electrons. The molecule has 0 fully saturated rings. The first kappa shape index (κ1) is 6.15. The molecule has 2 heterocycles. The van der Waals surface area contributed by atoms with Gasteiger partial charge in [-0.3, -0.25) is 0 Å². The van der Waals surface area contributed by atoms with Crippen molar-refractivity contribution in [2.24, 2.45) is 0 Å². The molecule has 0 spiro atoms. The first-order chi connectivity index (χ1) is 5.42. The Labute approximate surface area is 63.4 Å². The van der Waals surface area contributed by atoms with Crippen LogP contribution < -0.4 is 4.74 Å². The fraction of sp³-hybridized carbons (Fsp3) is 0.143. The van der Waals surface area contributed by atoms with Gasteiger partial charge in [0.1, 0.15) is 11.8 Å². The molecule has 2 aromatic heterocycles. The minimum Gasteiger partial charge on any atom is -0.479 e. The highest BCUT2D eigenvalue weighted by atomic mass is 16.5. The Hall–Kier alpha value is -1.58. The van der Waals surface area contributed by atoms with E-state index in [1.54, 1.807) is 11.6 Å². The van der Waals surface area contributed by atoms with Gasteiger partial charge in [-0.1, -0.05) is 0 Å². The molecule has 0 aliphatic rings. The predicted molar refractivity (Wildman–Crippen MR) is 39.5 cm³/mol. The first-order valence-corrected chi connectivity index (χ1v) is 3.24. The third-order valence-corrected chi connectivity index (χ3v) is 1.49. The zero-order valence-corrected chi connectivity index (χ0v) is 6.06. The largest absolute Gasteiger partial charge is 0.479 e. The minimum absolute atomic E-state index is 0.602. The van der Waals surface area contributed by atoms with E-state index in [-0.39, 0.29) is 0 Å². The number of ether oxygens (including phenoxy) is 1. The zero-order chi connectivity index (χ0) is 7.68. The van der Waals surface area contributed by atoms with Crippen LogP contribution in [0.25, 0.3) is 5.52 Å². The molecular formula is C7H7N3O. The maximum Gasteiger partial charge on any atom is 0.241 e. The van der Waals surface area contributed by atoms with E-state index in [1.807, 2.05) is 18.3 Å². The van der Waals surface area contributed by atoms with Gasteiger partial charge in [-0.05, 0) is 12.1 Å². The molecule has 11 heavy (non-hydrogen) atoms. The normalized spacial score (nSPS) is 10.3. The van der Waals surface area contributed by atoms with Crippen LogP contribution >= 0.6 is 0 Å². The van der Waals surface area contributed by atoms with Crippen LogP contribution in [0.2, 0.25) is 0 Å². The summed E-state index contributed by atoms with van der Waals surface area (Å²) in [4.78, 5) is 3.94. The Morgan fingerprint density at radius 3 is 3.27 bits per heavy atom. The molecule has 0 aliphatic heterocycles. The van der Waals surface area contributed by atoms with Gasteiger partial charge in [-0.2, -0.15) is 10.1 Å². The molecule has 0 radical (unpaired) electrons. The molecule has 2 rings (SSSR count). The average molecular weight is 149 g/mol. The quantitative estimate of drug-likeness (QED) is 0.600. The van der Waals surface area contributed by atoms with E-state index < -0.39 is 0 Å². The van der Waals surface area contributed by atoms with Gasteiger partial charge in [0.15, 0.2) is 0 Å². The van der Waals surface area contributed by atoms with Crippen LogP contribution in [-0.4, -0.2) is 21.7 Å². The number of nitrogens with zero attached hydrogens (tertiary/aromatic N) is 3. The van der Waals surface area contributed by atoms with Gasteiger partial charge in [0.05, 0.1) is 7.11 Å². The molecule has 0 amide bonds. The number of methoxy groups -OCH3 is 1. The Kier molecular flexibility index (Phi) is 1.25. The van der Waals surface area contributed by atoms with Crippen molar-refractivity contribution in [3.8, 4) is 5.88 Å². The molecule has 4 heteroatoms. The lowest BCUT2D eigenvalue weighted by Crippen LogP contribution is -1.95. The van der Waals surface area contributed by atoms with Crippen molar-refractivity contribution in [3.05, 3.63) is 24.7 Å². The van der Waals surface area contributed by atoms with E-state index in [1.165, 1.54) is 6.33 Å². The molecule has 4 nitrogen and oxygen atoms in total. The monoisotopic (exact) mass is 149 g/mol. The van der Waals surface area contributed by atoms with E-state index in [9.17, 15) is 0 Å². The van der Waals surface area contributed by atoms with Crippen molar-refractivity contribution in [1.82, 2.24) is 14.6 Å². The summed E-state index contributed by atoms with van der Waals surface area (Å²) in [5, 5.41) is 3.98. The number of fused-ring (bicyclic) bond motifs is 1. The van der Waals surface area contributed by atoms with Crippen LogP contribution in [0.4, 0.5) is 0 Å². The fourth-order valence-electron chi connectivity index (χ4n) is 1.000. The lowest BCUT2D eigenvalue weighted by atomic mass is 10.5. The Bertz CT molecular complexity index is 368. The topological polar surface area (TPSA) is 39.4 Å². The molecule has 0 unspecified atom stereocenters. The molecule has 2 aromatic rings. The number of aromatic nitrogens is 3. The zero-order valence-electron chi connectivity index (χ0n) is 6.06. The molecule has 0 aromatic carbocycles. The summed E-state index contributed by atoms with van der Waals surface area (Å²) in [6.07, 6.45) is 3.31. The fourth-order valence-corrected chi connectivity index (χ4v) is 1.000. The van der Waals surface area contributed by atoms with Gasteiger partial charge in [-0.15, -0.1) is 0 Å². The van der Waals surface area contributed by atoms with Crippen molar-refractivity contribution in [2.45, 2.75) is 0 Å². The van der Waals surface area contributed by atoms with Gasteiger partial charge in [0, 0.05) is 6.20 Å². The van der Waals surface area contributed by atoms with E-state index >= 15 is 0 Å². The molecule has 0 N–H and O–H groups in total. The summed E-state index contributed by atoms with van der Waals surface area (Å²) in [6, 6.07) is 3.80. The molecule has 0 atom stereocenters. The van der Waals surface area contributed by atoms with Crippen LogP contribution in [0.1, 0.15) is 0 Å². The second kappa shape index (κ2) is 2.23. The van der Waals surface area contributed by atoms with Crippen molar-refractivity contribution in [3.63, 3.8) is 0 Å². The third-order valence-electron chi connectivity index (χ3n) is 1.49. The van der Waals surface area contributed by atoms with E-state index in [0.29, 0.717) is 5.88 Å². The Balaban J connectivity index is 2.79. The van der Waals surface area contributed by atoms with Crippen LogP contribution in [0.15, 0.2) is 24.7 Å². The molecule has 0 saturated heterocycles. The lowest BCUT2D eigenvalue weighted by Gasteiger charge is -1.98. The number of hydrogen-bond donors (Lipinski definition) is 0. The van der Waals surface area contributed by atoms with Crippen LogP contribution in [0.3, 0.4) is 0 Å². The second-order valence-corrected chi connectivity index (χ2v) is 2.11. The van der Waals surface area contributed by atoms with Crippen molar-refractivity contribution in [1.29, 1.82) is 0 Å².